The molecule has 4 N–H and O–H groups in total. The number of hydrogen-bond acceptors (Lipinski definition) is 2. The third kappa shape index (κ3) is 4.77. The molecule has 0 radical (unpaired) electrons. The molecule has 1 heterocycles. The number of nitrogens with one attached hydrogen (secondary N) is 2. The van der Waals surface area contributed by atoms with E-state index in [-0.39, 0.29) is 11.7 Å². The smallest absolute Gasteiger partial charge is 0.268 e. The van der Waals surface area contributed by atoms with Crippen LogP contribution in [0.5, 0.6) is 0 Å². The van der Waals surface area contributed by atoms with Gasteiger partial charge >= 0.3 is 0 Å². The summed E-state index contributed by atoms with van der Waals surface area (Å²) in [5, 5.41) is 11.9. The van der Waals surface area contributed by atoms with Gasteiger partial charge in [-0.25, -0.2) is 0 Å². The highest BCUT2D eigenvalue weighted by molar-refractivity contribution is 5.99. The highest BCUT2D eigenvalue weighted by Crippen LogP contribution is 2.25. The summed E-state index contributed by atoms with van der Waals surface area (Å²) < 4.78 is 2.04. The number of benzene rings is 4. The zero-order valence-electron chi connectivity index (χ0n) is 20.2. The van der Waals surface area contributed by atoms with Crippen LogP contribution in [-0.4, -0.2) is 16.3 Å². The Balaban J connectivity index is 1.43. The molecule has 4 aromatic carbocycles. The van der Waals surface area contributed by atoms with Crippen LogP contribution in [0, 0.1) is 12.3 Å². The van der Waals surface area contributed by atoms with Gasteiger partial charge in [0.2, 0.25) is 0 Å². The largest absolute Gasteiger partial charge is 0.384 e. The average molecular weight is 473 g/mol. The minimum Gasteiger partial charge on any atom is -0.384 e. The Hall–Kier alpha value is -4.64. The van der Waals surface area contributed by atoms with Gasteiger partial charge in [-0.05, 0) is 59.0 Å². The fourth-order valence-electron chi connectivity index (χ4n) is 4.58. The second-order valence-electron chi connectivity index (χ2n) is 8.99. The Morgan fingerprint density at radius 3 is 2.36 bits per heavy atom. The van der Waals surface area contributed by atoms with E-state index in [1.165, 1.54) is 0 Å². The van der Waals surface area contributed by atoms with Gasteiger partial charge in [0.25, 0.3) is 5.91 Å². The fraction of sp³-hybridized carbons (Fsp3) is 0.0968. The molecule has 1 aromatic heterocycles. The first kappa shape index (κ1) is 23.1. The lowest BCUT2D eigenvalue weighted by Crippen LogP contribution is -2.25. The Morgan fingerprint density at radius 1 is 0.833 bits per heavy atom. The molecule has 5 rings (SSSR count). The van der Waals surface area contributed by atoms with Gasteiger partial charge in [0, 0.05) is 29.6 Å². The van der Waals surface area contributed by atoms with Crippen molar-refractivity contribution in [2.24, 2.45) is 5.73 Å². The molecule has 0 saturated carbocycles. The van der Waals surface area contributed by atoms with Crippen molar-refractivity contribution in [3.63, 3.8) is 0 Å². The molecule has 0 aliphatic carbocycles. The molecule has 5 aromatic rings. The summed E-state index contributed by atoms with van der Waals surface area (Å²) in [7, 11) is 0. The number of fused-ring (bicyclic) bond motifs is 1. The van der Waals surface area contributed by atoms with Gasteiger partial charge in [0.1, 0.15) is 11.5 Å². The first-order valence-electron chi connectivity index (χ1n) is 11.9. The summed E-state index contributed by atoms with van der Waals surface area (Å²) in [6.07, 6.45) is 0. The molecule has 0 bridgehead atoms. The van der Waals surface area contributed by atoms with Gasteiger partial charge in [0.15, 0.2) is 0 Å². The van der Waals surface area contributed by atoms with Crippen molar-refractivity contribution in [2.75, 3.05) is 0 Å². The van der Waals surface area contributed by atoms with Crippen LogP contribution >= 0.6 is 0 Å². The van der Waals surface area contributed by atoms with Gasteiger partial charge < -0.3 is 15.6 Å². The second kappa shape index (κ2) is 9.92. The number of carbonyl (C=O) groups is 1. The maximum Gasteiger partial charge on any atom is 0.268 e. The predicted octanol–water partition coefficient (Wildman–Crippen LogP) is 5.88. The van der Waals surface area contributed by atoms with Crippen LogP contribution < -0.4 is 11.1 Å². The number of nitrogens with zero attached hydrogens (tertiary/aromatic N) is 1. The van der Waals surface area contributed by atoms with E-state index < -0.39 is 0 Å². The summed E-state index contributed by atoms with van der Waals surface area (Å²) in [6.45, 7) is 2.99. The van der Waals surface area contributed by atoms with Gasteiger partial charge in [-0.2, -0.15) is 0 Å². The van der Waals surface area contributed by atoms with E-state index in [2.05, 4.69) is 42.6 Å². The standard InChI is InChI=1S/C31H28N4O/c1-21-8-5-15-28-27(21)18-29(35(28)20-23-10-7-14-26(17-23)30(32)33)31(36)34-19-22-9-6-13-25(16-22)24-11-3-2-4-12-24/h2-18H,19-20H2,1H3,(H3,32,33)(H,34,36). The highest BCUT2D eigenvalue weighted by atomic mass is 16.1. The number of amides is 1. The first-order valence-corrected chi connectivity index (χ1v) is 11.9. The number of amidine groups is 1. The van der Waals surface area contributed by atoms with Crippen LogP contribution in [0.3, 0.4) is 0 Å². The maximum absolute atomic E-state index is 13.5. The summed E-state index contributed by atoms with van der Waals surface area (Å²) in [4.78, 5) is 13.5. The molecule has 178 valence electrons. The Bertz CT molecular complexity index is 1570. The fourth-order valence-corrected chi connectivity index (χ4v) is 4.58. The average Bonchev–Trinajstić information content (AvgIpc) is 3.28. The number of rotatable bonds is 7. The summed E-state index contributed by atoms with van der Waals surface area (Å²) in [5.74, 6) is -0.0980. The highest BCUT2D eigenvalue weighted by Gasteiger charge is 2.17. The lowest BCUT2D eigenvalue weighted by atomic mass is 10.0. The zero-order valence-corrected chi connectivity index (χ0v) is 20.2. The molecule has 1 amide bonds. The zero-order chi connectivity index (χ0) is 25.1. The molecular formula is C31H28N4O. The topological polar surface area (TPSA) is 83.9 Å². The minimum absolute atomic E-state index is 0.0285. The van der Waals surface area contributed by atoms with Crippen molar-refractivity contribution < 1.29 is 4.79 Å². The van der Waals surface area contributed by atoms with Crippen molar-refractivity contribution in [1.29, 1.82) is 5.41 Å². The van der Waals surface area contributed by atoms with Crippen molar-refractivity contribution in [3.05, 3.63) is 131 Å². The van der Waals surface area contributed by atoms with Crippen LogP contribution in [0.1, 0.15) is 32.7 Å². The minimum atomic E-state index is -0.126. The van der Waals surface area contributed by atoms with Crippen molar-refractivity contribution in [3.8, 4) is 11.1 Å². The molecule has 0 unspecified atom stereocenters. The number of hydrogen-bond donors (Lipinski definition) is 3. The number of nitrogens with two attached hydrogens (primary N) is 1. The molecule has 0 atom stereocenters. The maximum atomic E-state index is 13.5. The lowest BCUT2D eigenvalue weighted by Gasteiger charge is -2.13. The van der Waals surface area contributed by atoms with Crippen LogP contribution in [0.2, 0.25) is 0 Å². The van der Waals surface area contributed by atoms with Crippen LogP contribution in [0.25, 0.3) is 22.0 Å². The van der Waals surface area contributed by atoms with Gasteiger partial charge in [-0.1, -0.05) is 78.9 Å². The van der Waals surface area contributed by atoms with E-state index in [0.29, 0.717) is 24.3 Å². The Labute approximate surface area is 210 Å². The van der Waals surface area contributed by atoms with Crippen LogP contribution in [-0.2, 0) is 13.1 Å². The van der Waals surface area contributed by atoms with E-state index in [4.69, 9.17) is 11.1 Å². The molecule has 0 aliphatic heterocycles. The predicted molar refractivity (Wildman–Crippen MR) is 146 cm³/mol. The van der Waals surface area contributed by atoms with Gasteiger partial charge in [-0.15, -0.1) is 0 Å². The molecule has 0 spiro atoms. The van der Waals surface area contributed by atoms with Crippen LogP contribution in [0.15, 0.2) is 103 Å². The van der Waals surface area contributed by atoms with E-state index in [9.17, 15) is 4.79 Å². The lowest BCUT2D eigenvalue weighted by molar-refractivity contribution is 0.0942. The third-order valence-corrected chi connectivity index (χ3v) is 6.46. The monoisotopic (exact) mass is 472 g/mol. The molecular weight excluding hydrogens is 444 g/mol. The van der Waals surface area contributed by atoms with E-state index in [1.54, 1.807) is 0 Å². The summed E-state index contributed by atoms with van der Waals surface area (Å²) in [6, 6.07) is 34.1. The number of nitrogen functional groups attached to an aromatic ring is 1. The van der Waals surface area contributed by atoms with Crippen molar-refractivity contribution >= 4 is 22.6 Å². The Kier molecular flexibility index (Phi) is 6.37. The quantitative estimate of drug-likeness (QED) is 0.204. The molecule has 0 aliphatic rings. The Morgan fingerprint density at radius 2 is 1.56 bits per heavy atom. The van der Waals surface area contributed by atoms with Crippen molar-refractivity contribution in [2.45, 2.75) is 20.0 Å². The van der Waals surface area contributed by atoms with Gasteiger partial charge in [-0.3, -0.25) is 10.2 Å². The van der Waals surface area contributed by atoms with Crippen molar-refractivity contribution in [1.82, 2.24) is 9.88 Å². The van der Waals surface area contributed by atoms with E-state index in [0.717, 1.165) is 38.7 Å². The molecule has 0 saturated heterocycles. The summed E-state index contributed by atoms with van der Waals surface area (Å²) >= 11 is 0. The SMILES string of the molecule is Cc1cccc2c1cc(C(=O)NCc1cccc(-c3ccccc3)c1)n2Cc1cccc(C(=N)N)c1. The molecule has 5 heteroatoms. The van der Waals surface area contributed by atoms with E-state index >= 15 is 0 Å². The third-order valence-electron chi connectivity index (χ3n) is 6.46. The molecule has 36 heavy (non-hydrogen) atoms. The molecule has 5 nitrogen and oxygen atoms in total. The summed E-state index contributed by atoms with van der Waals surface area (Å²) in [5.41, 5.74) is 13.4. The van der Waals surface area contributed by atoms with Gasteiger partial charge in [0.05, 0.1) is 0 Å². The number of aromatic nitrogens is 1. The number of carbonyl (C=O) groups excluding carboxylic acids is 1. The second-order valence-corrected chi connectivity index (χ2v) is 8.99. The van der Waals surface area contributed by atoms with Crippen LogP contribution in [0.4, 0.5) is 0 Å². The van der Waals surface area contributed by atoms with E-state index in [1.807, 2.05) is 77.4 Å². The number of aryl methyl sites for hydroxylation is 1. The molecule has 0 fully saturated rings. The first-order chi connectivity index (χ1) is 17.5. The normalized spacial score (nSPS) is 10.9.